The number of carbonyl (C=O) groups is 4. The number of methoxy groups -OCH3 is 1. The molecule has 3 aliphatic rings. The molecule has 5 heterocycles. The smallest absolute Gasteiger partial charge is 0.409 e. The number of likely N-dealkylation sites (tertiary alicyclic amines) is 2. The Morgan fingerprint density at radius 1 is 0.930 bits per heavy atom. The first-order chi connectivity index (χ1) is 27.9. The van der Waals surface area contributed by atoms with Gasteiger partial charge in [0.25, 0.3) is 5.91 Å². The predicted molar refractivity (Wildman–Crippen MR) is 218 cm³/mol. The lowest BCUT2D eigenvalue weighted by atomic mass is 10.1. The van der Waals surface area contributed by atoms with Crippen molar-refractivity contribution in [2.24, 2.45) is 18.5 Å². The Hall–Kier alpha value is -6.21. The molecule has 0 saturated carbocycles. The van der Waals surface area contributed by atoms with E-state index in [4.69, 9.17) is 20.3 Å². The Labute approximate surface area is 341 Å². The van der Waals surface area contributed by atoms with Crippen LogP contribution >= 0.6 is 12.4 Å². The Kier molecular flexibility index (Phi) is 15.4. The number of anilines is 3. The average molecular weight is 813 g/mol. The first kappa shape index (κ1) is 40.5. The minimum absolute atomic E-state index is 0. The molecule has 3 unspecified atom stereocenters. The monoisotopic (exact) mass is 812 g/mol. The molecule has 3 saturated heterocycles. The molecule has 6 amide bonds. The maximum Gasteiger partial charge on any atom is 0.409 e. The number of nitrogens with zero attached hydrogens (tertiary/aromatic N) is 7. The fourth-order valence-electron chi connectivity index (χ4n) is 5.30. The third-order valence-corrected chi connectivity index (χ3v) is 8.90. The van der Waals surface area contributed by atoms with Crippen molar-refractivity contribution in [1.29, 1.82) is 0 Å². The second kappa shape index (κ2) is 21.8. The topological polar surface area (TPSA) is 250 Å². The van der Waals surface area contributed by atoms with Crippen molar-refractivity contribution in [3.63, 3.8) is 0 Å². The number of benzene rings is 2. The zero-order valence-corrected chi connectivity index (χ0v) is 33.2. The summed E-state index contributed by atoms with van der Waals surface area (Å²) in [7, 11) is 3.21. The van der Waals surface area contributed by atoms with Gasteiger partial charge in [-0.3, -0.25) is 14.8 Å². The van der Waals surface area contributed by atoms with Gasteiger partial charge < -0.3 is 46.7 Å². The van der Waals surface area contributed by atoms with E-state index in [0.29, 0.717) is 41.2 Å². The Morgan fingerprint density at radius 3 is 2.05 bits per heavy atom. The van der Waals surface area contributed by atoms with Crippen molar-refractivity contribution in [2.45, 2.75) is 58.2 Å². The van der Waals surface area contributed by atoms with E-state index in [9.17, 15) is 19.2 Å². The van der Waals surface area contributed by atoms with E-state index < -0.39 is 19.0 Å². The van der Waals surface area contributed by atoms with E-state index in [1.807, 2.05) is 25.2 Å². The molecule has 0 spiro atoms. The number of aryl methyl sites for hydroxylation is 1. The average Bonchev–Trinajstić information content (AvgIpc) is 3.58. The van der Waals surface area contributed by atoms with Gasteiger partial charge in [-0.2, -0.15) is 5.10 Å². The summed E-state index contributed by atoms with van der Waals surface area (Å²) in [6.07, 6.45) is 4.14. The summed E-state index contributed by atoms with van der Waals surface area (Å²) in [5.41, 5.74) is 10.6. The minimum Gasteiger partial charge on any atom is -0.494 e. The van der Waals surface area contributed by atoms with Crippen molar-refractivity contribution in [2.75, 3.05) is 44.4 Å². The van der Waals surface area contributed by atoms with Crippen LogP contribution in [0.2, 0.25) is 0 Å². The molecule has 0 radical (unpaired) electrons. The van der Waals surface area contributed by atoms with Crippen LogP contribution in [0.25, 0.3) is 11.4 Å². The van der Waals surface area contributed by atoms with Crippen molar-refractivity contribution in [3.8, 4) is 22.9 Å². The Balaban J connectivity index is 0.000000321. The Morgan fingerprint density at radius 2 is 1.60 bits per heavy atom. The lowest BCUT2D eigenvalue weighted by Gasteiger charge is -2.38. The molecule has 3 aliphatic heterocycles. The number of aromatic nitrogens is 5. The summed E-state index contributed by atoms with van der Waals surface area (Å²) in [4.78, 5) is 53.3. The number of hydrogen-bond acceptors (Lipinski definition) is 12. The molecule has 2 aromatic carbocycles. The molecule has 57 heavy (non-hydrogen) atoms. The van der Waals surface area contributed by atoms with E-state index in [-0.39, 0.29) is 47.7 Å². The van der Waals surface area contributed by atoms with E-state index in [1.165, 1.54) is 26.1 Å². The van der Waals surface area contributed by atoms with Crippen LogP contribution in [-0.2, 0) is 7.05 Å². The summed E-state index contributed by atoms with van der Waals surface area (Å²) < 4.78 is 33.8. The fourth-order valence-corrected chi connectivity index (χ4v) is 5.30. The van der Waals surface area contributed by atoms with Crippen molar-refractivity contribution in [3.05, 3.63) is 66.6 Å². The van der Waals surface area contributed by atoms with Gasteiger partial charge in [0.15, 0.2) is 23.1 Å². The third kappa shape index (κ3) is 12.9. The van der Waals surface area contributed by atoms with Gasteiger partial charge >= 0.3 is 18.2 Å². The summed E-state index contributed by atoms with van der Waals surface area (Å²) in [5, 5.41) is 22.9. The van der Waals surface area contributed by atoms with Crippen molar-refractivity contribution >= 4 is 53.7 Å². The van der Waals surface area contributed by atoms with Gasteiger partial charge in [-0.15, -0.1) is 22.6 Å². The number of carbonyl (C=O) groups excluding carboxylic acids is 4. The molecular weight excluding hydrogens is 758 g/mol. The SMILES string of the molecule is CC1CCN1.CC1CCN1C(N)=O.Cl.NC(=O)Oc1ccccc1.[2H]C([2H])([2H])NC(=O)c1nnc(NC(=O)N2CCC2C)cc1Nc1cccc(-c2ncn(C)n2)c1OC. The largest absolute Gasteiger partial charge is 0.494 e. The molecule has 0 bridgehead atoms. The van der Waals surface area contributed by atoms with E-state index in [0.717, 1.165) is 25.4 Å². The highest BCUT2D eigenvalue weighted by Crippen LogP contribution is 2.37. The quantitative estimate of drug-likeness (QED) is 0.154. The van der Waals surface area contributed by atoms with Crippen LogP contribution < -0.4 is 42.2 Å². The molecule has 19 nitrogen and oxygen atoms in total. The number of amides is 6. The number of primary amides is 2. The number of ether oxygens (including phenoxy) is 2. The molecule has 8 N–H and O–H groups in total. The first-order valence-electron chi connectivity index (χ1n) is 19.3. The lowest BCUT2D eigenvalue weighted by molar-refractivity contribution is 0.0958. The highest BCUT2D eigenvalue weighted by Gasteiger charge is 2.29. The minimum atomic E-state index is -2.74. The zero-order chi connectivity index (χ0) is 43.3. The van der Waals surface area contributed by atoms with Gasteiger partial charge in [-0.05, 0) is 70.8 Å². The van der Waals surface area contributed by atoms with Crippen LogP contribution in [-0.4, -0.2) is 111 Å². The van der Waals surface area contributed by atoms with Crippen LogP contribution in [0.4, 0.5) is 31.6 Å². The number of rotatable bonds is 7. The molecule has 3 fully saturated rings. The molecule has 20 heteroatoms. The number of nitrogens with one attached hydrogen (secondary N) is 4. The van der Waals surface area contributed by atoms with Crippen LogP contribution in [0.5, 0.6) is 11.5 Å². The highest BCUT2D eigenvalue weighted by molar-refractivity contribution is 5.99. The standard InChI is InChI=1S/C21H25N9O3.C7H7NO2.C5H10N2O.C4H9N.ClH/c1-12-8-9-30(12)21(32)25-16-10-15(17(27-26-16)20(31)22-2)24-14-7-5-6-13(18(14)33-4)19-23-11-29(3)28-19;8-7(9)10-6-4-2-1-3-5-6;1-4-2-3-7(4)5(6)8;1-4-2-3-5-4;/h5-7,10-12H,8-9H2,1-4H3,(H,22,31)(H2,24,25,26,32);1-5H,(H2,8,9);4H,2-3H2,1H3,(H2,6,8);4-5H,2-3H2,1H3;1H/i2D3;;;;. The fraction of sp³-hybridized carbons (Fsp3) is 0.405. The number of halogens is 1. The predicted octanol–water partition coefficient (Wildman–Crippen LogP) is 4.10. The third-order valence-electron chi connectivity index (χ3n) is 8.90. The van der Waals surface area contributed by atoms with Gasteiger partial charge in [0, 0.05) is 55.4 Å². The molecule has 2 aromatic heterocycles. The molecule has 4 aromatic rings. The zero-order valence-electron chi connectivity index (χ0n) is 35.4. The van der Waals surface area contributed by atoms with Crippen LogP contribution in [0.1, 0.15) is 54.6 Å². The van der Waals surface area contributed by atoms with E-state index in [1.54, 1.807) is 70.3 Å². The molecule has 7 rings (SSSR count). The number of para-hydroxylation sites is 2. The first-order valence-corrected chi connectivity index (χ1v) is 17.8. The van der Waals surface area contributed by atoms with Gasteiger partial charge in [-0.25, -0.2) is 19.4 Å². The van der Waals surface area contributed by atoms with Gasteiger partial charge in [-0.1, -0.05) is 24.3 Å². The van der Waals surface area contributed by atoms with Gasteiger partial charge in [0.05, 0.1) is 24.0 Å². The van der Waals surface area contributed by atoms with Crippen molar-refractivity contribution < 1.29 is 32.8 Å². The normalized spacial score (nSPS) is 18.2. The van der Waals surface area contributed by atoms with E-state index >= 15 is 0 Å². The van der Waals surface area contributed by atoms with Crippen LogP contribution in [0.15, 0.2) is 60.9 Å². The van der Waals surface area contributed by atoms with Crippen molar-refractivity contribution in [1.82, 2.24) is 45.4 Å². The molecule has 3 atom stereocenters. The summed E-state index contributed by atoms with van der Waals surface area (Å²) in [6, 6.07) is 15.9. The lowest BCUT2D eigenvalue weighted by Crippen LogP contribution is -2.51. The highest BCUT2D eigenvalue weighted by atomic mass is 35.5. The number of urea groups is 2. The molecule has 308 valence electrons. The maximum absolute atomic E-state index is 12.7. The molecule has 0 aliphatic carbocycles. The molecular formula is C37H52ClN13O6. The van der Waals surface area contributed by atoms with Crippen LogP contribution in [0.3, 0.4) is 0 Å². The van der Waals surface area contributed by atoms with Crippen LogP contribution in [0, 0.1) is 0 Å². The second-order valence-corrected chi connectivity index (χ2v) is 13.0. The second-order valence-electron chi connectivity index (χ2n) is 13.0. The van der Waals surface area contributed by atoms with E-state index in [2.05, 4.69) is 47.9 Å². The number of nitrogens with two attached hydrogens (primary N) is 2. The summed E-state index contributed by atoms with van der Waals surface area (Å²) >= 11 is 0. The van der Waals surface area contributed by atoms with Gasteiger partial charge in [0.2, 0.25) is 0 Å². The Bertz CT molecular complexity index is 2060. The number of hydrogen-bond donors (Lipinski definition) is 6. The summed E-state index contributed by atoms with van der Waals surface area (Å²) in [6.45, 7) is 6.09. The van der Waals surface area contributed by atoms with Gasteiger partial charge in [0.1, 0.15) is 12.1 Å². The summed E-state index contributed by atoms with van der Waals surface area (Å²) in [5.74, 6) is 0.370. The maximum atomic E-state index is 12.7.